The molecular weight excluding hydrogens is 298 g/mol. The van der Waals surface area contributed by atoms with Crippen molar-refractivity contribution in [2.45, 2.75) is 39.2 Å². The summed E-state index contributed by atoms with van der Waals surface area (Å²) in [5, 5.41) is 2.63. The van der Waals surface area contributed by atoms with Crippen molar-refractivity contribution < 1.29 is 23.8 Å². The van der Waals surface area contributed by atoms with E-state index >= 15 is 0 Å². The van der Waals surface area contributed by atoms with Gasteiger partial charge in [0.1, 0.15) is 22.7 Å². The summed E-state index contributed by atoms with van der Waals surface area (Å²) in [6, 6.07) is 5.20. The standard InChI is InChI=1S/C17H25NO5/c1-17(2,3)23-16(20)18-11-7-8-12(19)15-13(21-4)9-6-10-14(15)22-5/h6,9-10H,7-8,11H2,1-5H3,(H,18,20). The van der Waals surface area contributed by atoms with E-state index in [1.807, 2.05) is 0 Å². The van der Waals surface area contributed by atoms with Gasteiger partial charge in [-0.15, -0.1) is 0 Å². The summed E-state index contributed by atoms with van der Waals surface area (Å²) in [6.07, 6.45) is 0.283. The summed E-state index contributed by atoms with van der Waals surface area (Å²) < 4.78 is 15.6. The Morgan fingerprint density at radius 1 is 1.09 bits per heavy atom. The van der Waals surface area contributed by atoms with E-state index in [1.165, 1.54) is 14.2 Å². The van der Waals surface area contributed by atoms with E-state index < -0.39 is 11.7 Å². The zero-order chi connectivity index (χ0) is 17.5. The number of hydrogen-bond donors (Lipinski definition) is 1. The van der Waals surface area contributed by atoms with Crippen molar-refractivity contribution >= 4 is 11.9 Å². The van der Waals surface area contributed by atoms with E-state index in [4.69, 9.17) is 14.2 Å². The Morgan fingerprint density at radius 3 is 2.13 bits per heavy atom. The van der Waals surface area contributed by atoms with E-state index in [-0.39, 0.29) is 12.2 Å². The van der Waals surface area contributed by atoms with E-state index in [0.29, 0.717) is 30.0 Å². The number of nitrogens with one attached hydrogen (secondary N) is 1. The highest BCUT2D eigenvalue weighted by molar-refractivity contribution is 6.01. The molecule has 1 N–H and O–H groups in total. The van der Waals surface area contributed by atoms with Crippen LogP contribution in [0.15, 0.2) is 18.2 Å². The van der Waals surface area contributed by atoms with Gasteiger partial charge in [0.25, 0.3) is 0 Å². The second-order valence-corrected chi connectivity index (χ2v) is 5.99. The summed E-state index contributed by atoms with van der Waals surface area (Å²) in [5.41, 5.74) is -0.111. The van der Waals surface area contributed by atoms with E-state index in [1.54, 1.807) is 39.0 Å². The number of carbonyl (C=O) groups excluding carboxylic acids is 2. The van der Waals surface area contributed by atoms with Gasteiger partial charge in [-0.3, -0.25) is 4.79 Å². The average Bonchev–Trinajstić information content (AvgIpc) is 2.48. The van der Waals surface area contributed by atoms with Crippen molar-refractivity contribution in [3.8, 4) is 11.5 Å². The lowest BCUT2D eigenvalue weighted by atomic mass is 10.0. The minimum absolute atomic E-state index is 0.0923. The van der Waals surface area contributed by atoms with Crippen molar-refractivity contribution in [1.29, 1.82) is 0 Å². The number of alkyl carbamates (subject to hydrolysis) is 1. The molecule has 0 radical (unpaired) electrons. The predicted octanol–water partition coefficient (Wildman–Crippen LogP) is 3.19. The smallest absolute Gasteiger partial charge is 0.407 e. The molecule has 0 fully saturated rings. The molecule has 1 aromatic rings. The number of methoxy groups -OCH3 is 2. The number of hydrogen-bond acceptors (Lipinski definition) is 5. The molecule has 1 aromatic carbocycles. The van der Waals surface area contributed by atoms with Crippen molar-refractivity contribution in [3.63, 3.8) is 0 Å². The third-order valence-electron chi connectivity index (χ3n) is 2.96. The number of ether oxygens (including phenoxy) is 3. The molecule has 0 saturated carbocycles. The molecule has 0 aliphatic carbocycles. The second-order valence-electron chi connectivity index (χ2n) is 5.99. The molecule has 6 nitrogen and oxygen atoms in total. The van der Waals surface area contributed by atoms with Gasteiger partial charge in [-0.1, -0.05) is 6.07 Å². The molecule has 0 bridgehead atoms. The molecule has 0 heterocycles. The fraction of sp³-hybridized carbons (Fsp3) is 0.529. The van der Waals surface area contributed by atoms with Crippen LogP contribution in [0.1, 0.15) is 44.0 Å². The number of rotatable bonds is 7. The van der Waals surface area contributed by atoms with Gasteiger partial charge in [0.15, 0.2) is 5.78 Å². The highest BCUT2D eigenvalue weighted by atomic mass is 16.6. The second kappa shape index (κ2) is 8.41. The Balaban J connectivity index is 2.54. The Morgan fingerprint density at radius 2 is 1.65 bits per heavy atom. The monoisotopic (exact) mass is 323 g/mol. The number of ketones is 1. The maximum Gasteiger partial charge on any atom is 0.407 e. The molecule has 0 saturated heterocycles. The molecule has 1 amide bonds. The molecule has 0 atom stereocenters. The third-order valence-corrected chi connectivity index (χ3v) is 2.96. The minimum atomic E-state index is -0.537. The van der Waals surface area contributed by atoms with Gasteiger partial charge >= 0.3 is 6.09 Å². The maximum atomic E-state index is 12.4. The SMILES string of the molecule is COc1cccc(OC)c1C(=O)CCCNC(=O)OC(C)(C)C. The van der Waals surface area contributed by atoms with Gasteiger partial charge < -0.3 is 19.5 Å². The van der Waals surface area contributed by atoms with Crippen LogP contribution in [0.2, 0.25) is 0 Å². The van der Waals surface area contributed by atoms with Crippen LogP contribution in [0.3, 0.4) is 0 Å². The number of amides is 1. The molecule has 0 aliphatic rings. The fourth-order valence-electron chi connectivity index (χ4n) is 2.00. The molecule has 6 heteroatoms. The number of Topliss-reactive ketones (excluding diaryl/α,β-unsaturated/α-hetero) is 1. The minimum Gasteiger partial charge on any atom is -0.496 e. The maximum absolute atomic E-state index is 12.4. The zero-order valence-electron chi connectivity index (χ0n) is 14.4. The first-order chi connectivity index (χ1) is 10.8. The van der Waals surface area contributed by atoms with Crippen molar-refractivity contribution in [2.75, 3.05) is 20.8 Å². The van der Waals surface area contributed by atoms with Crippen LogP contribution in [-0.4, -0.2) is 38.2 Å². The summed E-state index contributed by atoms with van der Waals surface area (Å²) >= 11 is 0. The Labute approximate surface area is 137 Å². The lowest BCUT2D eigenvalue weighted by Crippen LogP contribution is -2.33. The van der Waals surface area contributed by atoms with Crippen LogP contribution >= 0.6 is 0 Å². The van der Waals surface area contributed by atoms with E-state index in [2.05, 4.69) is 5.32 Å². The molecule has 0 spiro atoms. The van der Waals surface area contributed by atoms with Crippen LogP contribution < -0.4 is 14.8 Å². The van der Waals surface area contributed by atoms with Gasteiger partial charge in [0.2, 0.25) is 0 Å². The van der Waals surface area contributed by atoms with Gasteiger partial charge in [-0.25, -0.2) is 4.79 Å². The highest BCUT2D eigenvalue weighted by Crippen LogP contribution is 2.29. The highest BCUT2D eigenvalue weighted by Gasteiger charge is 2.18. The third kappa shape index (κ3) is 6.18. The van der Waals surface area contributed by atoms with Gasteiger partial charge in [-0.2, -0.15) is 0 Å². The number of benzene rings is 1. The van der Waals surface area contributed by atoms with Gasteiger partial charge in [0, 0.05) is 13.0 Å². The largest absolute Gasteiger partial charge is 0.496 e. The van der Waals surface area contributed by atoms with Crippen LogP contribution in [-0.2, 0) is 4.74 Å². The van der Waals surface area contributed by atoms with Crippen molar-refractivity contribution in [1.82, 2.24) is 5.32 Å². The van der Waals surface area contributed by atoms with Crippen LogP contribution in [0.5, 0.6) is 11.5 Å². The van der Waals surface area contributed by atoms with E-state index in [0.717, 1.165) is 0 Å². The van der Waals surface area contributed by atoms with Crippen LogP contribution in [0, 0.1) is 0 Å². The first kappa shape index (κ1) is 18.8. The zero-order valence-corrected chi connectivity index (χ0v) is 14.4. The fourth-order valence-corrected chi connectivity index (χ4v) is 2.00. The Hall–Kier alpha value is -2.24. The molecule has 0 unspecified atom stereocenters. The average molecular weight is 323 g/mol. The molecule has 128 valence electrons. The molecule has 0 aliphatic heterocycles. The summed E-state index contributed by atoms with van der Waals surface area (Å²) in [7, 11) is 3.02. The molecule has 0 aromatic heterocycles. The van der Waals surface area contributed by atoms with Gasteiger partial charge in [-0.05, 0) is 39.3 Å². The first-order valence-corrected chi connectivity index (χ1v) is 7.49. The lowest BCUT2D eigenvalue weighted by molar-refractivity contribution is 0.0525. The van der Waals surface area contributed by atoms with Crippen LogP contribution in [0.4, 0.5) is 4.79 Å². The molecular formula is C17H25NO5. The Kier molecular flexibility index (Phi) is 6.88. The lowest BCUT2D eigenvalue weighted by Gasteiger charge is -2.19. The summed E-state index contributed by atoms with van der Waals surface area (Å²) in [6.45, 7) is 5.75. The summed E-state index contributed by atoms with van der Waals surface area (Å²) in [4.78, 5) is 23.9. The van der Waals surface area contributed by atoms with E-state index in [9.17, 15) is 9.59 Å². The first-order valence-electron chi connectivity index (χ1n) is 7.49. The number of carbonyl (C=O) groups is 2. The topological polar surface area (TPSA) is 73.9 Å². The normalized spacial score (nSPS) is 10.8. The molecule has 1 rings (SSSR count). The molecule has 23 heavy (non-hydrogen) atoms. The quantitative estimate of drug-likeness (QED) is 0.616. The van der Waals surface area contributed by atoms with Crippen LogP contribution in [0.25, 0.3) is 0 Å². The van der Waals surface area contributed by atoms with Crippen molar-refractivity contribution in [2.24, 2.45) is 0 Å². The van der Waals surface area contributed by atoms with Gasteiger partial charge in [0.05, 0.1) is 14.2 Å². The summed E-state index contributed by atoms with van der Waals surface area (Å²) in [5.74, 6) is 0.870. The predicted molar refractivity (Wildman–Crippen MR) is 87.3 cm³/mol. The van der Waals surface area contributed by atoms with Crippen molar-refractivity contribution in [3.05, 3.63) is 23.8 Å². The Bertz CT molecular complexity index is 526.